The number of thiazole rings is 2. The molecule has 1 aliphatic rings. The molecule has 4 heterocycles. The number of aromatic nitrogens is 3. The molecule has 4 rings (SSSR count). The molecule has 1 fully saturated rings. The van der Waals surface area contributed by atoms with E-state index in [4.69, 9.17) is 0 Å². The van der Waals surface area contributed by atoms with Crippen molar-refractivity contribution in [1.82, 2.24) is 19.3 Å². The smallest absolute Gasteiger partial charge is 0.232 e. The lowest BCUT2D eigenvalue weighted by atomic mass is 9.99. The second-order valence-corrected chi connectivity index (χ2v) is 8.38. The maximum atomic E-state index is 12.2. The van der Waals surface area contributed by atoms with Crippen molar-refractivity contribution in [2.75, 3.05) is 18.4 Å². The van der Waals surface area contributed by atoms with E-state index >= 15 is 0 Å². The topological polar surface area (TPSA) is 62.5 Å². The Morgan fingerprint density at radius 2 is 2.12 bits per heavy atom. The van der Waals surface area contributed by atoms with Gasteiger partial charge in [-0.05, 0) is 31.8 Å². The van der Waals surface area contributed by atoms with Gasteiger partial charge in [-0.2, -0.15) is 0 Å². The van der Waals surface area contributed by atoms with Gasteiger partial charge in [-0.1, -0.05) is 6.92 Å². The fraction of sp³-hybridized carbons (Fsp3) is 0.471. The largest absolute Gasteiger partial charge is 0.302 e. The lowest BCUT2D eigenvalue weighted by Crippen LogP contribution is -2.32. The van der Waals surface area contributed by atoms with Gasteiger partial charge in [0, 0.05) is 29.7 Å². The van der Waals surface area contributed by atoms with Gasteiger partial charge in [-0.15, -0.1) is 22.7 Å². The molecular weight excluding hydrogens is 354 g/mol. The summed E-state index contributed by atoms with van der Waals surface area (Å²) < 4.78 is 1.94. The highest BCUT2D eigenvalue weighted by atomic mass is 32.1. The number of hydrogen-bond acceptors (Lipinski definition) is 6. The molecule has 0 aromatic carbocycles. The summed E-state index contributed by atoms with van der Waals surface area (Å²) in [7, 11) is 0. The summed E-state index contributed by atoms with van der Waals surface area (Å²) >= 11 is 3.06. The maximum absolute atomic E-state index is 12.2. The molecule has 25 heavy (non-hydrogen) atoms. The Balaban J connectivity index is 1.31. The van der Waals surface area contributed by atoms with E-state index in [1.807, 2.05) is 27.6 Å². The van der Waals surface area contributed by atoms with Crippen molar-refractivity contribution in [1.29, 1.82) is 0 Å². The van der Waals surface area contributed by atoms with Gasteiger partial charge in [0.25, 0.3) is 0 Å². The Morgan fingerprint density at radius 3 is 2.92 bits per heavy atom. The van der Waals surface area contributed by atoms with E-state index in [2.05, 4.69) is 27.1 Å². The molecule has 0 spiro atoms. The van der Waals surface area contributed by atoms with Crippen LogP contribution < -0.4 is 5.32 Å². The summed E-state index contributed by atoms with van der Waals surface area (Å²) in [5, 5.41) is 7.59. The van der Waals surface area contributed by atoms with Crippen LogP contribution in [0.3, 0.4) is 0 Å². The van der Waals surface area contributed by atoms with Gasteiger partial charge in [0.05, 0.1) is 17.8 Å². The predicted molar refractivity (Wildman–Crippen MR) is 101 cm³/mol. The minimum Gasteiger partial charge on any atom is -0.302 e. The molecule has 1 saturated heterocycles. The number of rotatable bonds is 5. The maximum Gasteiger partial charge on any atom is 0.232 e. The van der Waals surface area contributed by atoms with Crippen molar-refractivity contribution in [2.45, 2.75) is 32.7 Å². The fourth-order valence-corrected chi connectivity index (χ4v) is 4.51. The standard InChI is InChI=1S/C17H21N5OS2/c1-12-2-4-21(5-3-12)9-14-11-25-16(18-14)20-15(23)8-13-10-22-6-7-24-17(22)19-13/h6-7,10-12H,2-5,8-9H2,1H3,(H,18,20,23). The van der Waals surface area contributed by atoms with Crippen LogP contribution in [0.4, 0.5) is 5.13 Å². The Kier molecular flexibility index (Phi) is 4.82. The van der Waals surface area contributed by atoms with E-state index in [-0.39, 0.29) is 12.3 Å². The zero-order valence-corrected chi connectivity index (χ0v) is 15.8. The van der Waals surface area contributed by atoms with Gasteiger partial charge >= 0.3 is 0 Å². The van der Waals surface area contributed by atoms with Crippen molar-refractivity contribution in [3.8, 4) is 0 Å². The molecule has 0 radical (unpaired) electrons. The SMILES string of the molecule is CC1CCN(Cc2csc(NC(=O)Cc3cn4ccsc4n3)n2)CC1. The molecule has 0 atom stereocenters. The summed E-state index contributed by atoms with van der Waals surface area (Å²) in [5.74, 6) is 0.762. The highest BCUT2D eigenvalue weighted by Gasteiger charge is 2.17. The molecule has 0 saturated carbocycles. The third-order valence-electron chi connectivity index (χ3n) is 4.54. The van der Waals surface area contributed by atoms with Crippen molar-refractivity contribution < 1.29 is 4.79 Å². The van der Waals surface area contributed by atoms with Gasteiger partial charge in [0.15, 0.2) is 10.1 Å². The van der Waals surface area contributed by atoms with Crippen LogP contribution in [0.5, 0.6) is 0 Å². The second kappa shape index (κ2) is 7.23. The zero-order valence-electron chi connectivity index (χ0n) is 14.1. The molecule has 0 unspecified atom stereocenters. The van der Waals surface area contributed by atoms with Crippen LogP contribution in [0, 0.1) is 5.92 Å². The number of nitrogens with zero attached hydrogens (tertiary/aromatic N) is 4. The molecule has 3 aromatic heterocycles. The Morgan fingerprint density at radius 1 is 1.28 bits per heavy atom. The third-order valence-corrected chi connectivity index (χ3v) is 6.12. The lowest BCUT2D eigenvalue weighted by Gasteiger charge is -2.29. The molecule has 3 aromatic rings. The molecule has 0 aliphatic carbocycles. The summed E-state index contributed by atoms with van der Waals surface area (Å²) in [6.07, 6.45) is 6.64. The first kappa shape index (κ1) is 16.7. The first-order chi connectivity index (χ1) is 12.2. The number of likely N-dealkylation sites (tertiary alicyclic amines) is 1. The van der Waals surface area contributed by atoms with E-state index in [0.29, 0.717) is 5.13 Å². The van der Waals surface area contributed by atoms with Crippen LogP contribution in [0.25, 0.3) is 4.96 Å². The number of piperidine rings is 1. The number of carbonyl (C=O) groups excluding carboxylic acids is 1. The molecule has 0 bridgehead atoms. The van der Waals surface area contributed by atoms with Crippen LogP contribution in [0.15, 0.2) is 23.2 Å². The Bertz CT molecular complexity index is 831. The van der Waals surface area contributed by atoms with E-state index in [0.717, 1.165) is 41.9 Å². The second-order valence-electron chi connectivity index (χ2n) is 6.65. The average molecular weight is 376 g/mol. The van der Waals surface area contributed by atoms with Crippen molar-refractivity contribution in [3.63, 3.8) is 0 Å². The van der Waals surface area contributed by atoms with Crippen LogP contribution in [0.1, 0.15) is 31.2 Å². The van der Waals surface area contributed by atoms with Gasteiger partial charge in [0.2, 0.25) is 5.91 Å². The predicted octanol–water partition coefficient (Wildman–Crippen LogP) is 3.27. The number of nitrogens with one attached hydrogen (secondary N) is 1. The number of hydrogen-bond donors (Lipinski definition) is 1. The number of amides is 1. The van der Waals surface area contributed by atoms with Crippen LogP contribution in [-0.4, -0.2) is 38.3 Å². The van der Waals surface area contributed by atoms with Crippen LogP contribution >= 0.6 is 22.7 Å². The lowest BCUT2D eigenvalue weighted by molar-refractivity contribution is -0.115. The molecule has 8 heteroatoms. The Hall–Kier alpha value is -1.77. The van der Waals surface area contributed by atoms with E-state index in [9.17, 15) is 4.79 Å². The van der Waals surface area contributed by atoms with Crippen molar-refractivity contribution in [3.05, 3.63) is 34.5 Å². The van der Waals surface area contributed by atoms with Gasteiger partial charge in [-0.25, -0.2) is 9.97 Å². The molecule has 132 valence electrons. The van der Waals surface area contributed by atoms with Crippen molar-refractivity contribution in [2.24, 2.45) is 5.92 Å². The minimum atomic E-state index is -0.0709. The first-order valence-corrected chi connectivity index (χ1v) is 10.3. The van der Waals surface area contributed by atoms with Gasteiger partial charge in [-0.3, -0.25) is 14.1 Å². The molecule has 6 nitrogen and oxygen atoms in total. The number of carbonyl (C=O) groups is 1. The minimum absolute atomic E-state index is 0.0709. The third kappa shape index (κ3) is 4.08. The summed E-state index contributed by atoms with van der Waals surface area (Å²) in [5.41, 5.74) is 1.82. The molecule has 1 N–H and O–H groups in total. The monoisotopic (exact) mass is 375 g/mol. The molecular formula is C17H21N5OS2. The summed E-state index contributed by atoms with van der Waals surface area (Å²) in [6, 6.07) is 0. The number of imidazole rings is 1. The molecule has 1 aliphatic heterocycles. The number of fused-ring (bicyclic) bond motifs is 1. The van der Waals surface area contributed by atoms with E-state index < -0.39 is 0 Å². The van der Waals surface area contributed by atoms with E-state index in [1.54, 1.807) is 11.3 Å². The molecule has 1 amide bonds. The average Bonchev–Trinajstić information content (AvgIpc) is 3.26. The van der Waals surface area contributed by atoms with Crippen molar-refractivity contribution >= 4 is 38.7 Å². The number of anilines is 1. The normalized spacial score (nSPS) is 16.5. The van der Waals surface area contributed by atoms with E-state index in [1.165, 1.54) is 24.2 Å². The van der Waals surface area contributed by atoms with Gasteiger partial charge < -0.3 is 5.32 Å². The fourth-order valence-electron chi connectivity index (χ4n) is 3.08. The summed E-state index contributed by atoms with van der Waals surface area (Å²) in [6.45, 7) is 5.46. The summed E-state index contributed by atoms with van der Waals surface area (Å²) in [4.78, 5) is 24.6. The Labute approximate surface area is 154 Å². The highest BCUT2D eigenvalue weighted by molar-refractivity contribution is 7.15. The highest BCUT2D eigenvalue weighted by Crippen LogP contribution is 2.21. The quantitative estimate of drug-likeness (QED) is 0.743. The van der Waals surface area contributed by atoms with Gasteiger partial charge in [0.1, 0.15) is 0 Å². The first-order valence-electron chi connectivity index (χ1n) is 8.53. The van der Waals surface area contributed by atoms with Crippen LogP contribution in [0.2, 0.25) is 0 Å². The zero-order chi connectivity index (χ0) is 17.2. The van der Waals surface area contributed by atoms with Crippen LogP contribution in [-0.2, 0) is 17.8 Å².